The van der Waals surface area contributed by atoms with E-state index in [1.165, 1.54) is 12.3 Å². The summed E-state index contributed by atoms with van der Waals surface area (Å²) in [5.74, 6) is 0.311. The van der Waals surface area contributed by atoms with E-state index in [0.717, 1.165) is 6.42 Å². The summed E-state index contributed by atoms with van der Waals surface area (Å²) in [5.41, 5.74) is 0.490. The van der Waals surface area contributed by atoms with E-state index in [0.29, 0.717) is 18.2 Å². The van der Waals surface area contributed by atoms with E-state index < -0.39 is 10.0 Å². The van der Waals surface area contributed by atoms with Gasteiger partial charge in [0.1, 0.15) is 0 Å². The van der Waals surface area contributed by atoms with Crippen molar-refractivity contribution in [3.63, 3.8) is 0 Å². The summed E-state index contributed by atoms with van der Waals surface area (Å²) in [7, 11) is -3.45. The molecule has 1 aromatic rings. The summed E-state index contributed by atoms with van der Waals surface area (Å²) in [6.45, 7) is 4.23. The first-order chi connectivity index (χ1) is 7.49. The monoisotopic (exact) mass is 246 g/mol. The fourth-order valence-electron chi connectivity index (χ4n) is 1.14. The van der Waals surface area contributed by atoms with Crippen molar-refractivity contribution in [2.75, 3.05) is 6.54 Å². The second-order valence-electron chi connectivity index (χ2n) is 3.88. The minimum atomic E-state index is -3.45. The molecule has 0 saturated heterocycles. The molecule has 0 fully saturated rings. The second-order valence-corrected chi connectivity index (χ2v) is 5.65. The van der Waals surface area contributed by atoms with Gasteiger partial charge < -0.3 is 10.1 Å². The van der Waals surface area contributed by atoms with E-state index in [9.17, 15) is 8.42 Å². The Kier molecular flexibility index (Phi) is 4.52. The lowest BCUT2D eigenvalue weighted by Crippen LogP contribution is -2.27. The number of aliphatic hydroxyl groups excluding tert-OH is 1. The van der Waals surface area contributed by atoms with Crippen molar-refractivity contribution < 1.29 is 13.5 Å². The zero-order chi connectivity index (χ0) is 12.2. The van der Waals surface area contributed by atoms with Gasteiger partial charge in [0, 0.05) is 18.4 Å². The Bertz CT molecular complexity index is 425. The minimum Gasteiger partial charge on any atom is -0.390 e. The van der Waals surface area contributed by atoms with Crippen LogP contribution in [0.5, 0.6) is 0 Å². The third-order valence-electron chi connectivity index (χ3n) is 2.52. The zero-order valence-corrected chi connectivity index (χ0v) is 10.3. The highest BCUT2D eigenvalue weighted by molar-refractivity contribution is 7.89. The van der Waals surface area contributed by atoms with Gasteiger partial charge in [-0.15, -0.1) is 0 Å². The van der Waals surface area contributed by atoms with Crippen LogP contribution in [0, 0.1) is 5.92 Å². The summed E-state index contributed by atoms with van der Waals surface area (Å²) in [6, 6.07) is 1.43. The molecule has 1 atom stereocenters. The molecule has 6 heteroatoms. The van der Waals surface area contributed by atoms with Crippen molar-refractivity contribution in [2.45, 2.75) is 31.8 Å². The van der Waals surface area contributed by atoms with Gasteiger partial charge in [0.05, 0.1) is 11.5 Å². The molecule has 0 radical (unpaired) electrons. The van der Waals surface area contributed by atoms with Crippen LogP contribution >= 0.6 is 0 Å². The average Bonchev–Trinajstić information content (AvgIpc) is 2.75. The predicted molar refractivity (Wildman–Crippen MR) is 61.4 cm³/mol. The maximum atomic E-state index is 11.8. The number of sulfonamides is 1. The number of aromatic nitrogens is 1. The minimum absolute atomic E-state index is 0.167. The van der Waals surface area contributed by atoms with Crippen LogP contribution in [0.2, 0.25) is 0 Å². The highest BCUT2D eigenvalue weighted by atomic mass is 32.2. The van der Waals surface area contributed by atoms with Crippen molar-refractivity contribution in [3.05, 3.63) is 18.0 Å². The van der Waals surface area contributed by atoms with Crippen LogP contribution in [0.3, 0.4) is 0 Å². The molecule has 0 bridgehead atoms. The number of rotatable bonds is 6. The topological polar surface area (TPSA) is 82.2 Å². The molecule has 0 amide bonds. The quantitative estimate of drug-likeness (QED) is 0.695. The molecular formula is C10H18N2O3S. The second kappa shape index (κ2) is 5.47. The molecule has 0 aliphatic carbocycles. The van der Waals surface area contributed by atoms with Gasteiger partial charge in [-0.25, -0.2) is 13.1 Å². The summed E-state index contributed by atoms with van der Waals surface area (Å²) >= 11 is 0. The van der Waals surface area contributed by atoms with Gasteiger partial charge >= 0.3 is 0 Å². The molecule has 0 spiro atoms. The number of nitrogens with one attached hydrogen (secondary N) is 2. The highest BCUT2D eigenvalue weighted by Gasteiger charge is 2.16. The SMILES string of the molecule is CCC(C)CNS(=O)(=O)c1c[nH]c(CO)c1. The lowest BCUT2D eigenvalue weighted by Gasteiger charge is -2.09. The van der Waals surface area contributed by atoms with Crippen molar-refractivity contribution in [1.82, 2.24) is 9.71 Å². The van der Waals surface area contributed by atoms with E-state index >= 15 is 0 Å². The van der Waals surface area contributed by atoms with Crippen LogP contribution in [-0.4, -0.2) is 25.1 Å². The predicted octanol–water partition coefficient (Wildman–Crippen LogP) is 0.831. The molecule has 3 N–H and O–H groups in total. The number of hydrogen-bond donors (Lipinski definition) is 3. The van der Waals surface area contributed by atoms with Gasteiger partial charge in [0.2, 0.25) is 10.0 Å². The molecule has 1 heterocycles. The number of aromatic amines is 1. The maximum Gasteiger partial charge on any atom is 0.242 e. The Labute approximate surface area is 95.9 Å². The normalized spacial score (nSPS) is 13.9. The standard InChI is InChI=1S/C10H18N2O3S/c1-3-8(2)5-12-16(14,15)10-4-9(7-13)11-6-10/h4,6,8,11-13H,3,5,7H2,1-2H3. The molecule has 16 heavy (non-hydrogen) atoms. The Morgan fingerprint density at radius 1 is 1.56 bits per heavy atom. The molecule has 1 unspecified atom stereocenters. The summed E-state index contributed by atoms with van der Waals surface area (Å²) in [6.07, 6.45) is 2.31. The number of hydrogen-bond acceptors (Lipinski definition) is 3. The first-order valence-corrected chi connectivity index (χ1v) is 6.75. The van der Waals surface area contributed by atoms with Gasteiger partial charge in [-0.2, -0.15) is 0 Å². The lowest BCUT2D eigenvalue weighted by molar-refractivity contribution is 0.277. The molecule has 0 saturated carbocycles. The van der Waals surface area contributed by atoms with Gasteiger partial charge in [-0.05, 0) is 12.0 Å². The summed E-state index contributed by atoms with van der Waals surface area (Å²) in [4.78, 5) is 2.86. The molecule has 1 aromatic heterocycles. The van der Waals surface area contributed by atoms with E-state index in [1.54, 1.807) is 0 Å². The van der Waals surface area contributed by atoms with Gasteiger partial charge in [0.15, 0.2) is 0 Å². The lowest BCUT2D eigenvalue weighted by atomic mass is 10.1. The smallest absolute Gasteiger partial charge is 0.242 e. The van der Waals surface area contributed by atoms with Crippen molar-refractivity contribution >= 4 is 10.0 Å². The maximum absolute atomic E-state index is 11.8. The van der Waals surface area contributed by atoms with Gasteiger partial charge in [-0.3, -0.25) is 0 Å². The first kappa shape index (κ1) is 13.2. The Hall–Kier alpha value is -0.850. The molecule has 1 rings (SSSR count). The average molecular weight is 246 g/mol. The third kappa shape index (κ3) is 3.33. The molecule has 92 valence electrons. The van der Waals surface area contributed by atoms with Gasteiger partial charge in [-0.1, -0.05) is 20.3 Å². The van der Waals surface area contributed by atoms with Crippen molar-refractivity contribution in [1.29, 1.82) is 0 Å². The number of aliphatic hydroxyl groups is 1. The van der Waals surface area contributed by atoms with E-state index in [2.05, 4.69) is 9.71 Å². The molecular weight excluding hydrogens is 228 g/mol. The van der Waals surface area contributed by atoms with E-state index in [1.807, 2.05) is 13.8 Å². The van der Waals surface area contributed by atoms with Crippen molar-refractivity contribution in [2.24, 2.45) is 5.92 Å². The van der Waals surface area contributed by atoms with Gasteiger partial charge in [0.25, 0.3) is 0 Å². The highest BCUT2D eigenvalue weighted by Crippen LogP contribution is 2.11. The van der Waals surface area contributed by atoms with Crippen LogP contribution in [0.4, 0.5) is 0 Å². The fraction of sp³-hybridized carbons (Fsp3) is 0.600. The summed E-state index contributed by atoms with van der Waals surface area (Å²) in [5, 5.41) is 8.83. The van der Waals surface area contributed by atoms with Crippen LogP contribution in [-0.2, 0) is 16.6 Å². The molecule has 0 aromatic carbocycles. The zero-order valence-electron chi connectivity index (χ0n) is 9.53. The van der Waals surface area contributed by atoms with Crippen LogP contribution in [0.15, 0.2) is 17.2 Å². The summed E-state index contributed by atoms with van der Waals surface area (Å²) < 4.78 is 26.1. The third-order valence-corrected chi connectivity index (χ3v) is 3.92. The van der Waals surface area contributed by atoms with Crippen LogP contribution in [0.25, 0.3) is 0 Å². The first-order valence-electron chi connectivity index (χ1n) is 5.27. The molecule has 0 aliphatic heterocycles. The fourth-order valence-corrected chi connectivity index (χ4v) is 2.33. The van der Waals surface area contributed by atoms with E-state index in [-0.39, 0.29) is 11.5 Å². The van der Waals surface area contributed by atoms with Crippen molar-refractivity contribution in [3.8, 4) is 0 Å². The van der Waals surface area contributed by atoms with Crippen LogP contribution in [0.1, 0.15) is 26.0 Å². The Morgan fingerprint density at radius 3 is 2.75 bits per heavy atom. The van der Waals surface area contributed by atoms with E-state index in [4.69, 9.17) is 5.11 Å². The Balaban J connectivity index is 2.70. The molecule has 5 nitrogen and oxygen atoms in total. The largest absolute Gasteiger partial charge is 0.390 e. The number of H-pyrrole nitrogens is 1. The Morgan fingerprint density at radius 2 is 2.25 bits per heavy atom. The molecule has 0 aliphatic rings. The van der Waals surface area contributed by atoms with Crippen LogP contribution < -0.4 is 4.72 Å².